The number of halogens is 1. The van der Waals surface area contributed by atoms with Gasteiger partial charge in [-0.2, -0.15) is 4.31 Å². The average molecular weight is 363 g/mol. The molecule has 1 aromatic rings. The number of sulfonamides is 1. The van der Waals surface area contributed by atoms with Crippen molar-refractivity contribution >= 4 is 26.0 Å². The first-order valence-corrected chi connectivity index (χ1v) is 8.87. The Balaban J connectivity index is 3.00. The Morgan fingerprint density at radius 3 is 2.10 bits per heavy atom. The first-order valence-electron chi connectivity index (χ1n) is 6.64. The van der Waals surface area contributed by atoms with E-state index >= 15 is 0 Å². The molecule has 0 fully saturated rings. The molecule has 0 aliphatic heterocycles. The minimum atomic E-state index is -3.42. The second-order valence-corrected chi connectivity index (χ2v) is 8.37. The molecule has 114 valence electrons. The number of nitrogens with zero attached hydrogens (tertiary/aromatic N) is 2. The van der Waals surface area contributed by atoms with Crippen molar-refractivity contribution in [2.24, 2.45) is 5.92 Å². The summed E-state index contributed by atoms with van der Waals surface area (Å²) in [6.45, 7) is 5.80. The normalized spacial score (nSPS) is 12.6. The second kappa shape index (κ2) is 7.54. The van der Waals surface area contributed by atoms with Crippen LogP contribution in [0.15, 0.2) is 33.6 Å². The molecule has 0 N–H and O–H groups in total. The maximum Gasteiger partial charge on any atom is 0.243 e. The van der Waals surface area contributed by atoms with Gasteiger partial charge in [0.25, 0.3) is 0 Å². The molecule has 0 amide bonds. The van der Waals surface area contributed by atoms with Gasteiger partial charge in [-0.1, -0.05) is 29.8 Å². The summed E-state index contributed by atoms with van der Waals surface area (Å²) < 4.78 is 27.8. The highest BCUT2D eigenvalue weighted by Gasteiger charge is 2.24. The molecular formula is C14H23BrN2O2S. The summed E-state index contributed by atoms with van der Waals surface area (Å²) in [5, 5.41) is 0. The molecule has 20 heavy (non-hydrogen) atoms. The van der Waals surface area contributed by atoms with Gasteiger partial charge in [-0.15, -0.1) is 0 Å². The van der Waals surface area contributed by atoms with E-state index in [0.717, 1.165) is 4.47 Å². The number of likely N-dealkylation sites (N-methyl/N-ethyl adjacent to an activating group) is 1. The fraction of sp³-hybridized carbons (Fsp3) is 0.571. The van der Waals surface area contributed by atoms with E-state index < -0.39 is 10.0 Å². The van der Waals surface area contributed by atoms with Gasteiger partial charge >= 0.3 is 0 Å². The van der Waals surface area contributed by atoms with Gasteiger partial charge in [0.15, 0.2) is 0 Å². The summed E-state index contributed by atoms with van der Waals surface area (Å²) in [6.07, 6.45) is 0. The van der Waals surface area contributed by atoms with Crippen LogP contribution >= 0.6 is 15.9 Å². The monoisotopic (exact) mass is 362 g/mol. The van der Waals surface area contributed by atoms with Crippen molar-refractivity contribution in [1.82, 2.24) is 9.21 Å². The van der Waals surface area contributed by atoms with Crippen LogP contribution in [0.3, 0.4) is 0 Å². The summed E-state index contributed by atoms with van der Waals surface area (Å²) in [7, 11) is 0.466. The quantitative estimate of drug-likeness (QED) is 0.748. The van der Waals surface area contributed by atoms with E-state index in [0.29, 0.717) is 30.4 Å². The van der Waals surface area contributed by atoms with Gasteiger partial charge in [0.2, 0.25) is 10.0 Å². The molecule has 0 bridgehead atoms. The lowest BCUT2D eigenvalue weighted by Crippen LogP contribution is -2.38. The first kappa shape index (κ1) is 17.6. The van der Waals surface area contributed by atoms with E-state index in [1.54, 1.807) is 28.6 Å². The average Bonchev–Trinajstić information content (AvgIpc) is 2.34. The molecule has 1 aromatic carbocycles. The Kier molecular flexibility index (Phi) is 6.64. The van der Waals surface area contributed by atoms with Crippen LogP contribution in [0.5, 0.6) is 0 Å². The van der Waals surface area contributed by atoms with Crippen molar-refractivity contribution in [1.29, 1.82) is 0 Å². The van der Waals surface area contributed by atoms with Crippen LogP contribution in [0.4, 0.5) is 0 Å². The van der Waals surface area contributed by atoms with E-state index in [1.165, 1.54) is 0 Å². The molecule has 6 heteroatoms. The summed E-state index contributed by atoms with van der Waals surface area (Å²) in [4.78, 5) is 2.34. The fourth-order valence-corrected chi connectivity index (χ4v) is 3.64. The van der Waals surface area contributed by atoms with Gasteiger partial charge in [-0.3, -0.25) is 0 Å². The van der Waals surface area contributed by atoms with E-state index in [-0.39, 0.29) is 0 Å². The second-order valence-electron chi connectivity index (χ2n) is 5.51. The van der Waals surface area contributed by atoms with Crippen LogP contribution in [-0.4, -0.2) is 51.4 Å². The highest BCUT2D eigenvalue weighted by Crippen LogP contribution is 2.19. The number of rotatable bonds is 7. The summed E-state index contributed by atoms with van der Waals surface area (Å²) in [5.41, 5.74) is 0. The van der Waals surface area contributed by atoms with Crippen molar-refractivity contribution in [2.75, 3.05) is 33.7 Å². The molecule has 0 saturated heterocycles. The maximum absolute atomic E-state index is 12.7. The standard InChI is InChI=1S/C14H23BrN2O2S/c1-12(2)11-17(10-9-16(3)4)20(18,19)14-7-5-13(15)6-8-14/h5-8,12H,9-11H2,1-4H3. The maximum atomic E-state index is 12.7. The molecule has 0 atom stereocenters. The SMILES string of the molecule is CC(C)CN(CCN(C)C)S(=O)(=O)c1ccc(Br)cc1. The predicted octanol–water partition coefficient (Wildman–Crippen LogP) is 2.66. The van der Waals surface area contributed by atoms with Crippen molar-refractivity contribution in [3.05, 3.63) is 28.7 Å². The zero-order valence-corrected chi connectivity index (χ0v) is 14.9. The Labute approximate surface area is 130 Å². The topological polar surface area (TPSA) is 40.6 Å². The smallest absolute Gasteiger partial charge is 0.243 e. The summed E-state index contributed by atoms with van der Waals surface area (Å²) in [6, 6.07) is 6.80. The zero-order valence-electron chi connectivity index (χ0n) is 12.5. The highest BCUT2D eigenvalue weighted by molar-refractivity contribution is 9.10. The molecule has 0 aliphatic carbocycles. The highest BCUT2D eigenvalue weighted by atomic mass is 79.9. The molecule has 0 aliphatic rings. The van der Waals surface area contributed by atoms with Crippen molar-refractivity contribution in [3.8, 4) is 0 Å². The first-order chi connectivity index (χ1) is 9.23. The Bertz CT molecular complexity index is 512. The third-order valence-corrected chi connectivity index (χ3v) is 5.22. The summed E-state index contributed by atoms with van der Waals surface area (Å²) >= 11 is 3.32. The molecule has 0 aromatic heterocycles. The number of hydrogen-bond donors (Lipinski definition) is 0. The Hall–Kier alpha value is -0.430. The largest absolute Gasteiger partial charge is 0.308 e. The Morgan fingerprint density at radius 1 is 1.10 bits per heavy atom. The number of hydrogen-bond acceptors (Lipinski definition) is 3. The van der Waals surface area contributed by atoms with Gasteiger partial charge in [0.1, 0.15) is 0 Å². The van der Waals surface area contributed by atoms with Crippen LogP contribution in [-0.2, 0) is 10.0 Å². The molecule has 0 heterocycles. The van der Waals surface area contributed by atoms with Crippen molar-refractivity contribution in [3.63, 3.8) is 0 Å². The predicted molar refractivity (Wildman–Crippen MR) is 86.3 cm³/mol. The van der Waals surface area contributed by atoms with E-state index in [4.69, 9.17) is 0 Å². The molecular weight excluding hydrogens is 340 g/mol. The molecule has 0 saturated carbocycles. The summed E-state index contributed by atoms with van der Waals surface area (Å²) in [5.74, 6) is 0.294. The van der Waals surface area contributed by atoms with Gasteiger partial charge in [-0.25, -0.2) is 8.42 Å². The van der Waals surface area contributed by atoms with Crippen molar-refractivity contribution in [2.45, 2.75) is 18.7 Å². The molecule has 1 rings (SSSR count). The molecule has 0 unspecified atom stereocenters. The fourth-order valence-electron chi connectivity index (χ4n) is 1.78. The molecule has 0 spiro atoms. The Morgan fingerprint density at radius 2 is 1.65 bits per heavy atom. The third kappa shape index (κ3) is 5.16. The van der Waals surface area contributed by atoms with E-state index in [2.05, 4.69) is 15.9 Å². The van der Waals surface area contributed by atoms with E-state index in [9.17, 15) is 8.42 Å². The van der Waals surface area contributed by atoms with Crippen LogP contribution in [0.25, 0.3) is 0 Å². The van der Waals surface area contributed by atoms with Crippen molar-refractivity contribution < 1.29 is 8.42 Å². The van der Waals surface area contributed by atoms with Gasteiger partial charge in [0, 0.05) is 24.1 Å². The van der Waals surface area contributed by atoms with Gasteiger partial charge in [0.05, 0.1) is 4.90 Å². The van der Waals surface area contributed by atoms with Crippen LogP contribution in [0.1, 0.15) is 13.8 Å². The molecule has 4 nitrogen and oxygen atoms in total. The lowest BCUT2D eigenvalue weighted by Gasteiger charge is -2.25. The lowest BCUT2D eigenvalue weighted by atomic mass is 10.2. The zero-order chi connectivity index (χ0) is 15.3. The van der Waals surface area contributed by atoms with E-state index in [1.807, 2.05) is 32.8 Å². The minimum Gasteiger partial charge on any atom is -0.308 e. The van der Waals surface area contributed by atoms with Gasteiger partial charge < -0.3 is 4.90 Å². The number of benzene rings is 1. The minimum absolute atomic E-state index is 0.294. The van der Waals surface area contributed by atoms with Crippen LogP contribution in [0.2, 0.25) is 0 Å². The van der Waals surface area contributed by atoms with Crippen LogP contribution < -0.4 is 0 Å². The lowest BCUT2D eigenvalue weighted by molar-refractivity contribution is 0.312. The van der Waals surface area contributed by atoms with Crippen LogP contribution in [0, 0.1) is 5.92 Å². The molecule has 0 radical (unpaired) electrons. The third-order valence-electron chi connectivity index (χ3n) is 2.82. The van der Waals surface area contributed by atoms with Gasteiger partial charge in [-0.05, 0) is 44.3 Å².